The van der Waals surface area contributed by atoms with Gasteiger partial charge >= 0.3 is 5.97 Å². The van der Waals surface area contributed by atoms with Gasteiger partial charge in [0.15, 0.2) is 0 Å². The van der Waals surface area contributed by atoms with Crippen molar-refractivity contribution >= 4 is 17.8 Å². The molecule has 0 bridgehead atoms. The molecule has 2 amide bonds. The van der Waals surface area contributed by atoms with Gasteiger partial charge < -0.3 is 15.0 Å². The number of allylic oxidation sites excluding steroid dienone is 1. The third-order valence-corrected chi connectivity index (χ3v) is 7.87. The zero-order valence-corrected chi connectivity index (χ0v) is 22.9. The first-order valence-electron chi connectivity index (χ1n) is 13.7. The van der Waals surface area contributed by atoms with E-state index in [0.717, 1.165) is 36.9 Å². The molecule has 4 rings (SSSR count). The Bertz CT molecular complexity index is 1160. The Balaban J connectivity index is 1.48. The highest BCUT2D eigenvalue weighted by Gasteiger charge is 2.57. The molecule has 1 heterocycles. The lowest BCUT2D eigenvalue weighted by molar-refractivity contribution is -0.162. The number of carbonyl (C=O) groups is 3. The molecule has 0 saturated carbocycles. The topological polar surface area (TPSA) is 75.7 Å². The molecule has 2 aromatic carbocycles. The van der Waals surface area contributed by atoms with Crippen LogP contribution in [0, 0.1) is 16.7 Å². The quantitative estimate of drug-likeness (QED) is 0.338. The van der Waals surface area contributed by atoms with Crippen molar-refractivity contribution in [2.45, 2.75) is 65.3 Å². The number of unbranched alkanes of at least 4 members (excludes halogenated alkanes) is 1. The van der Waals surface area contributed by atoms with E-state index in [1.54, 1.807) is 4.90 Å². The van der Waals surface area contributed by atoms with E-state index in [1.807, 2.05) is 54.6 Å². The van der Waals surface area contributed by atoms with Crippen LogP contribution in [0.25, 0.3) is 0 Å². The second-order valence-electron chi connectivity index (χ2n) is 11.5. The number of fused-ring (bicyclic) bond motifs is 1. The fourth-order valence-corrected chi connectivity index (χ4v) is 6.11. The normalized spacial score (nSPS) is 22.3. The van der Waals surface area contributed by atoms with Crippen LogP contribution in [0.1, 0.15) is 63.5 Å². The van der Waals surface area contributed by atoms with Crippen molar-refractivity contribution in [1.29, 1.82) is 0 Å². The van der Waals surface area contributed by atoms with Gasteiger partial charge in [-0.2, -0.15) is 0 Å². The van der Waals surface area contributed by atoms with Gasteiger partial charge in [0.2, 0.25) is 11.8 Å². The smallest absolute Gasteiger partial charge is 0.317 e. The van der Waals surface area contributed by atoms with Gasteiger partial charge in [0.1, 0.15) is 5.41 Å². The summed E-state index contributed by atoms with van der Waals surface area (Å²) in [6.07, 6.45) is 6.57. The van der Waals surface area contributed by atoms with Crippen molar-refractivity contribution in [3.05, 3.63) is 83.6 Å². The molecule has 38 heavy (non-hydrogen) atoms. The van der Waals surface area contributed by atoms with Gasteiger partial charge in [-0.1, -0.05) is 80.6 Å². The van der Waals surface area contributed by atoms with Crippen LogP contribution < -0.4 is 5.32 Å². The number of rotatable bonds is 10. The number of carbonyl (C=O) groups excluding carboxylic acids is 3. The maximum Gasteiger partial charge on any atom is 0.317 e. The summed E-state index contributed by atoms with van der Waals surface area (Å²) in [5, 5.41) is 3.00. The average molecular weight is 517 g/mol. The lowest BCUT2D eigenvalue weighted by Gasteiger charge is -2.51. The van der Waals surface area contributed by atoms with E-state index in [9.17, 15) is 14.4 Å². The first-order chi connectivity index (χ1) is 18.2. The molecule has 6 nitrogen and oxygen atoms in total. The second kappa shape index (κ2) is 12.0. The number of piperidine rings is 1. The zero-order chi connectivity index (χ0) is 27.2. The molecule has 1 fully saturated rings. The Morgan fingerprint density at radius 1 is 1.00 bits per heavy atom. The van der Waals surface area contributed by atoms with Crippen molar-refractivity contribution in [3.63, 3.8) is 0 Å². The molecular weight excluding hydrogens is 476 g/mol. The summed E-state index contributed by atoms with van der Waals surface area (Å²) in [6, 6.07) is 20.1. The van der Waals surface area contributed by atoms with Crippen molar-refractivity contribution < 1.29 is 19.1 Å². The monoisotopic (exact) mass is 516 g/mol. The van der Waals surface area contributed by atoms with E-state index in [4.69, 9.17) is 4.74 Å². The maximum absolute atomic E-state index is 13.8. The Morgan fingerprint density at radius 2 is 1.66 bits per heavy atom. The molecule has 0 radical (unpaired) electrons. The predicted molar refractivity (Wildman–Crippen MR) is 148 cm³/mol. The van der Waals surface area contributed by atoms with Gasteiger partial charge in [0.25, 0.3) is 0 Å². The maximum atomic E-state index is 13.8. The van der Waals surface area contributed by atoms with Crippen LogP contribution in [-0.4, -0.2) is 36.3 Å². The van der Waals surface area contributed by atoms with E-state index in [-0.39, 0.29) is 29.6 Å². The Morgan fingerprint density at radius 3 is 2.32 bits per heavy atom. The van der Waals surface area contributed by atoms with Crippen LogP contribution >= 0.6 is 0 Å². The molecule has 0 aromatic heterocycles. The van der Waals surface area contributed by atoms with Gasteiger partial charge in [-0.15, -0.1) is 0 Å². The number of aryl methyl sites for hydroxylation is 1. The van der Waals surface area contributed by atoms with Gasteiger partial charge in [0.05, 0.1) is 13.7 Å². The molecule has 1 N–H and O–H groups in total. The van der Waals surface area contributed by atoms with Gasteiger partial charge in [-0.25, -0.2) is 0 Å². The number of hydrogen-bond acceptors (Lipinski definition) is 4. The lowest BCUT2D eigenvalue weighted by atomic mass is 9.59. The number of esters is 1. The molecule has 202 valence electrons. The third-order valence-electron chi connectivity index (χ3n) is 7.87. The van der Waals surface area contributed by atoms with E-state index in [2.05, 4.69) is 31.3 Å². The van der Waals surface area contributed by atoms with Crippen molar-refractivity contribution in [1.82, 2.24) is 10.2 Å². The summed E-state index contributed by atoms with van der Waals surface area (Å²) in [7, 11) is 1.41. The van der Waals surface area contributed by atoms with Gasteiger partial charge in [-0.3, -0.25) is 14.4 Å². The molecule has 1 aliphatic heterocycles. The lowest BCUT2D eigenvalue weighted by Crippen LogP contribution is -2.55. The summed E-state index contributed by atoms with van der Waals surface area (Å²) in [6.45, 7) is 5.21. The van der Waals surface area contributed by atoms with Gasteiger partial charge in [0, 0.05) is 24.6 Å². The number of benzene rings is 2. The van der Waals surface area contributed by atoms with Crippen molar-refractivity contribution in [2.75, 3.05) is 13.7 Å². The van der Waals surface area contributed by atoms with E-state index in [1.165, 1.54) is 12.7 Å². The van der Waals surface area contributed by atoms with Crippen LogP contribution in [-0.2, 0) is 32.1 Å². The highest BCUT2D eigenvalue weighted by Crippen LogP contribution is 2.55. The Kier molecular flexibility index (Phi) is 8.70. The Hall–Kier alpha value is -3.41. The molecular formula is C32H40N2O4. The number of amides is 2. The summed E-state index contributed by atoms with van der Waals surface area (Å²) in [5.74, 6) is -1.16. The number of hydrogen-bond donors (Lipinski definition) is 1. The Labute approximate surface area is 226 Å². The van der Waals surface area contributed by atoms with Crippen LogP contribution in [0.2, 0.25) is 0 Å². The number of ether oxygens (including phenoxy) is 1. The molecule has 2 aromatic rings. The summed E-state index contributed by atoms with van der Waals surface area (Å²) in [5.41, 5.74) is 1.93. The zero-order valence-electron chi connectivity index (χ0n) is 22.9. The molecule has 1 aliphatic carbocycles. The van der Waals surface area contributed by atoms with E-state index >= 15 is 0 Å². The van der Waals surface area contributed by atoms with Crippen LogP contribution in [0.3, 0.4) is 0 Å². The van der Waals surface area contributed by atoms with Crippen molar-refractivity contribution in [3.8, 4) is 0 Å². The number of likely N-dealkylation sites (tertiary alicyclic amines) is 1. The average Bonchev–Trinajstić information content (AvgIpc) is 2.91. The summed E-state index contributed by atoms with van der Waals surface area (Å²) in [4.78, 5) is 41.9. The third kappa shape index (κ3) is 6.35. The largest absolute Gasteiger partial charge is 0.468 e. The minimum atomic E-state index is -0.945. The predicted octanol–water partition coefficient (Wildman–Crippen LogP) is 5.43. The van der Waals surface area contributed by atoms with E-state index < -0.39 is 11.3 Å². The number of nitrogens with one attached hydrogen (secondary N) is 1. The second-order valence-corrected chi connectivity index (χ2v) is 11.5. The number of nitrogens with zero attached hydrogens (tertiary/aromatic N) is 1. The summed E-state index contributed by atoms with van der Waals surface area (Å²) < 4.78 is 5.34. The number of methoxy groups -OCH3 is 1. The fourth-order valence-electron chi connectivity index (χ4n) is 6.11. The highest BCUT2D eigenvalue weighted by atomic mass is 16.5. The SMILES string of the molecule is COC(=O)[C@@]12C[C@@H](CC(=O)NCCCCc3ccccc3)C(=O)N(Cc3ccccc3)C1=CCC(C)(C)C2. The molecule has 2 atom stereocenters. The standard InChI is InChI=1S/C32H40N2O4/c1-31(2)18-17-27-32(23-31,30(37)38-3)21-26(29(36)34(27)22-25-15-8-5-9-16-25)20-28(35)33-19-11-10-14-24-12-6-4-7-13-24/h4-9,12-13,15-17,26H,10-11,14,18-23H2,1-3H3,(H,33,35)/t26-,32-/m1/s1. The van der Waals surface area contributed by atoms with Gasteiger partial charge in [-0.05, 0) is 55.1 Å². The molecule has 2 aliphatic rings. The molecule has 0 unspecified atom stereocenters. The minimum absolute atomic E-state index is 0.0647. The van der Waals surface area contributed by atoms with Crippen molar-refractivity contribution in [2.24, 2.45) is 16.7 Å². The first-order valence-corrected chi connectivity index (χ1v) is 13.7. The molecule has 6 heteroatoms. The van der Waals surface area contributed by atoms with Crippen LogP contribution in [0.5, 0.6) is 0 Å². The minimum Gasteiger partial charge on any atom is -0.468 e. The molecule has 1 saturated heterocycles. The van der Waals surface area contributed by atoms with Crippen LogP contribution in [0.4, 0.5) is 0 Å². The van der Waals surface area contributed by atoms with Crippen LogP contribution in [0.15, 0.2) is 72.4 Å². The first kappa shape index (κ1) is 27.6. The molecule has 0 spiro atoms. The fraction of sp³-hybridized carbons (Fsp3) is 0.469. The van der Waals surface area contributed by atoms with E-state index in [0.29, 0.717) is 25.9 Å². The summed E-state index contributed by atoms with van der Waals surface area (Å²) >= 11 is 0. The highest BCUT2D eigenvalue weighted by molar-refractivity contribution is 5.92.